The molecule has 1 aromatic heterocycles. The number of halogens is 1. The van der Waals surface area contributed by atoms with Crippen LogP contribution in [0.5, 0.6) is 5.88 Å². The summed E-state index contributed by atoms with van der Waals surface area (Å²) in [6.45, 7) is 0. The van der Waals surface area contributed by atoms with E-state index in [1.807, 2.05) is 6.07 Å². The molecule has 0 amide bonds. The van der Waals surface area contributed by atoms with Gasteiger partial charge in [-0.05, 0) is 34.1 Å². The lowest BCUT2D eigenvalue weighted by Gasteiger charge is -2.02. The van der Waals surface area contributed by atoms with E-state index in [1.54, 1.807) is 42.6 Å². The third kappa shape index (κ3) is 2.67. The van der Waals surface area contributed by atoms with Gasteiger partial charge >= 0.3 is 5.97 Å². The Bertz CT molecular complexity index is 482. The number of hydrogen-bond acceptors (Lipinski definition) is 3. The van der Waals surface area contributed by atoms with Crippen molar-refractivity contribution in [2.75, 3.05) is 0 Å². The Morgan fingerprint density at radius 1 is 1.12 bits per heavy atom. The first-order chi connectivity index (χ1) is 7.75. The molecule has 2 aromatic rings. The van der Waals surface area contributed by atoms with Crippen molar-refractivity contribution in [1.29, 1.82) is 0 Å². The van der Waals surface area contributed by atoms with Crippen LogP contribution in [0.2, 0.25) is 0 Å². The molecule has 0 saturated heterocycles. The molecule has 0 fully saturated rings. The maximum atomic E-state index is 11.6. The molecule has 3 nitrogen and oxygen atoms in total. The second-order valence-electron chi connectivity index (χ2n) is 3.07. The number of carbonyl (C=O) groups is 1. The Kier molecular flexibility index (Phi) is 3.31. The van der Waals surface area contributed by atoms with E-state index in [-0.39, 0.29) is 5.88 Å². The Balaban J connectivity index is 2.11. The fraction of sp³-hybridized carbons (Fsp3) is 0. The normalized spacial score (nSPS) is 9.81. The maximum absolute atomic E-state index is 11.6. The van der Waals surface area contributed by atoms with Gasteiger partial charge in [-0.15, -0.1) is 0 Å². The van der Waals surface area contributed by atoms with Gasteiger partial charge in [-0.3, -0.25) is 0 Å². The molecule has 4 heteroatoms. The zero-order valence-electron chi connectivity index (χ0n) is 8.26. The average molecular weight is 278 g/mol. The van der Waals surface area contributed by atoms with Crippen molar-refractivity contribution in [3.8, 4) is 5.88 Å². The number of carbonyl (C=O) groups excluding carboxylic acids is 1. The lowest BCUT2D eigenvalue weighted by atomic mass is 10.2. The molecule has 0 aliphatic carbocycles. The van der Waals surface area contributed by atoms with Crippen LogP contribution in [0.25, 0.3) is 0 Å². The minimum absolute atomic E-state index is 0.289. The summed E-state index contributed by atoms with van der Waals surface area (Å²) in [5, 5.41) is 0. The summed E-state index contributed by atoms with van der Waals surface area (Å²) < 4.78 is 5.92. The molecule has 1 aromatic carbocycles. The van der Waals surface area contributed by atoms with Crippen molar-refractivity contribution in [2.24, 2.45) is 0 Å². The van der Waals surface area contributed by atoms with Gasteiger partial charge in [0.1, 0.15) is 0 Å². The summed E-state index contributed by atoms with van der Waals surface area (Å²) in [6, 6.07) is 12.2. The van der Waals surface area contributed by atoms with Crippen LogP contribution in [-0.2, 0) is 0 Å². The molecule has 16 heavy (non-hydrogen) atoms. The van der Waals surface area contributed by atoms with Gasteiger partial charge in [-0.25, -0.2) is 9.78 Å². The van der Waals surface area contributed by atoms with Crippen molar-refractivity contribution >= 4 is 21.9 Å². The highest BCUT2D eigenvalue weighted by atomic mass is 79.9. The van der Waals surface area contributed by atoms with Crippen molar-refractivity contribution in [2.45, 2.75) is 0 Å². The van der Waals surface area contributed by atoms with E-state index in [2.05, 4.69) is 20.9 Å². The molecule has 0 spiro atoms. The van der Waals surface area contributed by atoms with E-state index in [4.69, 9.17) is 4.74 Å². The topological polar surface area (TPSA) is 39.2 Å². The van der Waals surface area contributed by atoms with Crippen molar-refractivity contribution in [3.05, 3.63) is 58.7 Å². The molecule has 2 rings (SSSR count). The Hall–Kier alpha value is -1.68. The van der Waals surface area contributed by atoms with Crippen molar-refractivity contribution in [3.63, 3.8) is 0 Å². The molecule has 0 N–H and O–H groups in total. The van der Waals surface area contributed by atoms with Crippen molar-refractivity contribution in [1.82, 2.24) is 4.98 Å². The minimum atomic E-state index is -0.407. The smallest absolute Gasteiger partial charge is 0.344 e. The number of pyridine rings is 1. The second-order valence-corrected chi connectivity index (χ2v) is 3.99. The van der Waals surface area contributed by atoms with Crippen molar-refractivity contribution < 1.29 is 9.53 Å². The number of hydrogen-bond donors (Lipinski definition) is 0. The minimum Gasteiger partial charge on any atom is -0.404 e. The molecular weight excluding hydrogens is 270 g/mol. The van der Waals surface area contributed by atoms with E-state index >= 15 is 0 Å². The first-order valence-corrected chi connectivity index (χ1v) is 5.44. The molecule has 1 heterocycles. The highest BCUT2D eigenvalue weighted by Crippen LogP contribution is 2.13. The predicted molar refractivity (Wildman–Crippen MR) is 63.3 cm³/mol. The molecule has 0 bridgehead atoms. The largest absolute Gasteiger partial charge is 0.404 e. The monoisotopic (exact) mass is 277 g/mol. The molecule has 80 valence electrons. The molecule has 0 aliphatic heterocycles. The molecular formula is C12H8BrNO2. The van der Waals surface area contributed by atoms with Gasteiger partial charge in [0.15, 0.2) is 0 Å². The molecule has 0 aliphatic rings. The first-order valence-electron chi connectivity index (χ1n) is 4.64. The Morgan fingerprint density at radius 3 is 2.50 bits per heavy atom. The number of nitrogens with zero attached hydrogens (tertiary/aromatic N) is 1. The van der Waals surface area contributed by atoms with E-state index in [0.717, 1.165) is 4.47 Å². The standard InChI is InChI=1S/C12H8BrNO2/c13-10-6-7-11(14-8-10)16-12(15)9-4-2-1-3-5-9/h1-8H. The zero-order chi connectivity index (χ0) is 11.4. The quantitative estimate of drug-likeness (QED) is 0.792. The Morgan fingerprint density at radius 2 is 1.88 bits per heavy atom. The SMILES string of the molecule is O=C(Oc1ccc(Br)cn1)c1ccccc1. The van der Waals surface area contributed by atoms with Gasteiger partial charge in [0, 0.05) is 16.7 Å². The van der Waals surface area contributed by atoms with Gasteiger partial charge in [-0.1, -0.05) is 18.2 Å². The second kappa shape index (κ2) is 4.90. The molecule has 0 radical (unpaired) electrons. The van der Waals surface area contributed by atoms with Gasteiger partial charge in [-0.2, -0.15) is 0 Å². The zero-order valence-corrected chi connectivity index (χ0v) is 9.85. The number of rotatable bonds is 2. The fourth-order valence-corrected chi connectivity index (χ4v) is 1.39. The predicted octanol–water partition coefficient (Wildman–Crippen LogP) is 3.06. The number of aromatic nitrogens is 1. The lowest BCUT2D eigenvalue weighted by molar-refractivity contribution is 0.0727. The van der Waals surface area contributed by atoms with Gasteiger partial charge in [0.2, 0.25) is 5.88 Å². The van der Waals surface area contributed by atoms with Crippen LogP contribution < -0.4 is 4.74 Å². The van der Waals surface area contributed by atoms with Crippen LogP contribution in [0.3, 0.4) is 0 Å². The fourth-order valence-electron chi connectivity index (χ4n) is 1.15. The van der Waals surface area contributed by atoms with E-state index in [1.165, 1.54) is 0 Å². The number of benzene rings is 1. The summed E-state index contributed by atoms with van der Waals surface area (Å²) >= 11 is 3.25. The van der Waals surface area contributed by atoms with Crippen LogP contribution in [0.15, 0.2) is 53.1 Å². The van der Waals surface area contributed by atoms with Crippen LogP contribution in [0.4, 0.5) is 0 Å². The third-order valence-corrected chi connectivity index (χ3v) is 2.38. The number of ether oxygens (including phenoxy) is 1. The molecule has 0 atom stereocenters. The molecule has 0 unspecified atom stereocenters. The number of esters is 1. The third-order valence-electron chi connectivity index (χ3n) is 1.91. The van der Waals surface area contributed by atoms with E-state index < -0.39 is 5.97 Å². The molecule has 0 saturated carbocycles. The van der Waals surface area contributed by atoms with E-state index in [0.29, 0.717) is 5.56 Å². The van der Waals surface area contributed by atoms with Crippen LogP contribution in [-0.4, -0.2) is 11.0 Å². The average Bonchev–Trinajstić information content (AvgIpc) is 2.33. The summed E-state index contributed by atoms with van der Waals surface area (Å²) in [6.07, 6.45) is 1.58. The van der Waals surface area contributed by atoms with Gasteiger partial charge in [0.25, 0.3) is 0 Å². The van der Waals surface area contributed by atoms with Crippen LogP contribution in [0.1, 0.15) is 10.4 Å². The highest BCUT2D eigenvalue weighted by Gasteiger charge is 2.07. The van der Waals surface area contributed by atoms with E-state index in [9.17, 15) is 4.79 Å². The van der Waals surface area contributed by atoms with Gasteiger partial charge < -0.3 is 4.74 Å². The van der Waals surface area contributed by atoms with Crippen LogP contribution in [0, 0.1) is 0 Å². The first kappa shape index (κ1) is 10.8. The summed E-state index contributed by atoms with van der Waals surface area (Å²) in [5.74, 6) is -0.118. The summed E-state index contributed by atoms with van der Waals surface area (Å²) in [5.41, 5.74) is 0.507. The highest BCUT2D eigenvalue weighted by molar-refractivity contribution is 9.10. The summed E-state index contributed by atoms with van der Waals surface area (Å²) in [4.78, 5) is 15.6. The summed E-state index contributed by atoms with van der Waals surface area (Å²) in [7, 11) is 0. The maximum Gasteiger partial charge on any atom is 0.344 e. The Labute approximate surface area is 101 Å². The lowest BCUT2D eigenvalue weighted by Crippen LogP contribution is -2.08. The van der Waals surface area contributed by atoms with Crippen LogP contribution >= 0.6 is 15.9 Å². The van der Waals surface area contributed by atoms with Gasteiger partial charge in [0.05, 0.1) is 5.56 Å².